The van der Waals surface area contributed by atoms with Crippen LogP contribution in [0.2, 0.25) is 0 Å². The maximum Gasteiger partial charge on any atom is 0.174 e. The van der Waals surface area contributed by atoms with Crippen LogP contribution in [0.25, 0.3) is 0 Å². The van der Waals surface area contributed by atoms with E-state index in [-0.39, 0.29) is 0 Å². The minimum absolute atomic E-state index is 0.671. The average Bonchev–Trinajstić information content (AvgIpc) is 2.03. The monoisotopic (exact) mass is 135 g/mol. The summed E-state index contributed by atoms with van der Waals surface area (Å²) in [7, 11) is 0. The molecule has 0 aliphatic carbocycles. The van der Waals surface area contributed by atoms with Gasteiger partial charge in [0.15, 0.2) is 5.82 Å². The first-order valence-corrected chi connectivity index (χ1v) is 3.23. The van der Waals surface area contributed by atoms with Gasteiger partial charge in [-0.2, -0.15) is 5.10 Å². The Morgan fingerprint density at radius 3 is 3.20 bits per heavy atom. The van der Waals surface area contributed by atoms with Gasteiger partial charge >= 0.3 is 0 Å². The van der Waals surface area contributed by atoms with Crippen molar-refractivity contribution >= 4 is 12.0 Å². The largest absolute Gasteiger partial charge is 0.240 e. The molecule has 0 unspecified atom stereocenters. The summed E-state index contributed by atoms with van der Waals surface area (Å²) in [6, 6.07) is 3.63. The third-order valence-electron chi connectivity index (χ3n) is 0.964. The van der Waals surface area contributed by atoms with Crippen molar-refractivity contribution in [3.63, 3.8) is 0 Å². The smallest absolute Gasteiger partial charge is 0.174 e. The molecule has 1 rings (SSSR count). The first-order valence-electron chi connectivity index (χ1n) is 3.23. The lowest BCUT2D eigenvalue weighted by atomic mass is 10.5. The predicted molar refractivity (Wildman–Crippen MR) is 40.5 cm³/mol. The highest BCUT2D eigenvalue weighted by atomic mass is 15.1. The molecule has 10 heavy (non-hydrogen) atoms. The van der Waals surface area contributed by atoms with Gasteiger partial charge in [0, 0.05) is 12.4 Å². The Labute approximate surface area is 59.8 Å². The molecule has 0 aromatic carbocycles. The van der Waals surface area contributed by atoms with E-state index in [9.17, 15) is 0 Å². The van der Waals surface area contributed by atoms with Crippen LogP contribution in [0.1, 0.15) is 13.3 Å². The highest BCUT2D eigenvalue weighted by Gasteiger charge is 1.83. The molecule has 3 heteroatoms. The second-order valence-corrected chi connectivity index (χ2v) is 1.80. The van der Waals surface area contributed by atoms with Gasteiger partial charge in [0.1, 0.15) is 0 Å². The molecular weight excluding hydrogens is 126 g/mol. The van der Waals surface area contributed by atoms with Gasteiger partial charge in [0.2, 0.25) is 0 Å². The number of hydrogen-bond acceptors (Lipinski definition) is 3. The zero-order chi connectivity index (χ0) is 7.23. The second-order valence-electron chi connectivity index (χ2n) is 1.80. The number of nitrogens with zero attached hydrogens (tertiary/aromatic N) is 3. The highest BCUT2D eigenvalue weighted by molar-refractivity contribution is 5.60. The van der Waals surface area contributed by atoms with Crippen molar-refractivity contribution in [2.75, 3.05) is 0 Å². The molecule has 0 amide bonds. The highest BCUT2D eigenvalue weighted by Crippen LogP contribution is 2.01. The molecule has 0 fully saturated rings. The lowest BCUT2D eigenvalue weighted by molar-refractivity contribution is 1.02. The Balaban J connectivity index is 2.67. The van der Waals surface area contributed by atoms with Gasteiger partial charge < -0.3 is 0 Å². The summed E-state index contributed by atoms with van der Waals surface area (Å²) < 4.78 is 0. The summed E-state index contributed by atoms with van der Waals surface area (Å²) in [5.41, 5.74) is 0. The first-order chi connectivity index (χ1) is 4.93. The molecule has 3 nitrogen and oxygen atoms in total. The van der Waals surface area contributed by atoms with E-state index in [2.05, 4.69) is 15.2 Å². The number of aliphatic imine (C=N–C) groups is 1. The van der Waals surface area contributed by atoms with Gasteiger partial charge in [-0.05, 0) is 18.6 Å². The molecule has 0 aliphatic heterocycles. The molecule has 52 valence electrons. The van der Waals surface area contributed by atoms with Gasteiger partial charge in [-0.15, -0.1) is 5.10 Å². The molecule has 0 saturated carbocycles. The van der Waals surface area contributed by atoms with Crippen molar-refractivity contribution in [3.05, 3.63) is 18.3 Å². The third-order valence-corrected chi connectivity index (χ3v) is 0.964. The van der Waals surface area contributed by atoms with Crippen LogP contribution in [0.5, 0.6) is 0 Å². The molecule has 0 N–H and O–H groups in total. The maximum atomic E-state index is 4.03. The summed E-state index contributed by atoms with van der Waals surface area (Å²) in [6.07, 6.45) is 4.37. The van der Waals surface area contributed by atoms with E-state index in [0.29, 0.717) is 5.82 Å². The minimum Gasteiger partial charge on any atom is -0.240 e. The van der Waals surface area contributed by atoms with E-state index >= 15 is 0 Å². The van der Waals surface area contributed by atoms with E-state index in [1.54, 1.807) is 6.20 Å². The molecule has 1 heterocycles. The van der Waals surface area contributed by atoms with Crippen molar-refractivity contribution in [2.24, 2.45) is 4.99 Å². The van der Waals surface area contributed by atoms with Crippen LogP contribution < -0.4 is 0 Å². The van der Waals surface area contributed by atoms with Crippen LogP contribution in [0.4, 0.5) is 5.82 Å². The summed E-state index contributed by atoms with van der Waals surface area (Å²) in [5, 5.41) is 7.44. The van der Waals surface area contributed by atoms with E-state index in [0.717, 1.165) is 6.42 Å². The van der Waals surface area contributed by atoms with E-state index in [1.165, 1.54) is 0 Å². The Hall–Kier alpha value is -1.25. The van der Waals surface area contributed by atoms with Crippen LogP contribution in [0.15, 0.2) is 23.3 Å². The maximum absolute atomic E-state index is 4.03. The van der Waals surface area contributed by atoms with E-state index in [4.69, 9.17) is 0 Å². The zero-order valence-electron chi connectivity index (χ0n) is 5.86. The molecule has 0 atom stereocenters. The van der Waals surface area contributed by atoms with Gasteiger partial charge in [0.25, 0.3) is 0 Å². The molecule has 0 saturated heterocycles. The van der Waals surface area contributed by atoms with Crippen molar-refractivity contribution < 1.29 is 0 Å². The van der Waals surface area contributed by atoms with Crippen molar-refractivity contribution in [1.82, 2.24) is 10.2 Å². The lowest BCUT2D eigenvalue weighted by Gasteiger charge is -1.85. The van der Waals surface area contributed by atoms with Crippen LogP contribution in [0, 0.1) is 0 Å². The number of hydrogen-bond donors (Lipinski definition) is 0. The molecular formula is C7H9N3. The fourth-order valence-electron chi connectivity index (χ4n) is 0.547. The minimum atomic E-state index is 0.671. The fourth-order valence-corrected chi connectivity index (χ4v) is 0.547. The topological polar surface area (TPSA) is 38.1 Å². The molecule has 1 aromatic rings. The molecule has 0 aliphatic rings. The lowest BCUT2D eigenvalue weighted by Crippen LogP contribution is -1.77. The Morgan fingerprint density at radius 2 is 2.60 bits per heavy atom. The molecule has 0 radical (unpaired) electrons. The van der Waals surface area contributed by atoms with Gasteiger partial charge in [-0.25, -0.2) is 4.99 Å². The average molecular weight is 135 g/mol. The Bertz CT molecular complexity index is 205. The quantitative estimate of drug-likeness (QED) is 0.577. The first kappa shape index (κ1) is 6.86. The SMILES string of the molecule is CCC=Nc1cccnn1. The molecule has 0 spiro atoms. The normalized spacial score (nSPS) is 10.5. The predicted octanol–water partition coefficient (Wildman–Crippen LogP) is 1.59. The summed E-state index contributed by atoms with van der Waals surface area (Å²) >= 11 is 0. The second kappa shape index (κ2) is 3.71. The number of aromatic nitrogens is 2. The summed E-state index contributed by atoms with van der Waals surface area (Å²) in [6.45, 7) is 2.03. The van der Waals surface area contributed by atoms with Crippen LogP contribution >= 0.6 is 0 Å². The summed E-state index contributed by atoms with van der Waals surface area (Å²) in [5.74, 6) is 0.671. The van der Waals surface area contributed by atoms with E-state index in [1.807, 2.05) is 25.3 Å². The van der Waals surface area contributed by atoms with Gasteiger partial charge in [0.05, 0.1) is 0 Å². The molecule has 1 aromatic heterocycles. The zero-order valence-corrected chi connectivity index (χ0v) is 5.86. The van der Waals surface area contributed by atoms with Crippen molar-refractivity contribution in [3.8, 4) is 0 Å². The van der Waals surface area contributed by atoms with Crippen molar-refractivity contribution in [1.29, 1.82) is 0 Å². The van der Waals surface area contributed by atoms with Crippen LogP contribution in [-0.2, 0) is 0 Å². The van der Waals surface area contributed by atoms with Gasteiger partial charge in [-0.1, -0.05) is 6.92 Å². The van der Waals surface area contributed by atoms with Crippen LogP contribution in [-0.4, -0.2) is 16.4 Å². The van der Waals surface area contributed by atoms with E-state index < -0.39 is 0 Å². The van der Waals surface area contributed by atoms with Crippen molar-refractivity contribution in [2.45, 2.75) is 13.3 Å². The fraction of sp³-hybridized carbons (Fsp3) is 0.286. The summed E-state index contributed by atoms with van der Waals surface area (Å²) in [4.78, 5) is 4.03. The standard InChI is InChI=1S/C7H9N3/c1-2-5-8-7-4-3-6-9-10-7/h3-6H,2H2,1H3. The van der Waals surface area contributed by atoms with Crippen LogP contribution in [0.3, 0.4) is 0 Å². The van der Waals surface area contributed by atoms with Gasteiger partial charge in [-0.3, -0.25) is 0 Å². The molecule has 0 bridgehead atoms. The Morgan fingerprint density at radius 1 is 1.70 bits per heavy atom. The number of rotatable bonds is 2. The third kappa shape index (κ3) is 1.93. The Kier molecular flexibility index (Phi) is 2.55.